The first-order valence-corrected chi connectivity index (χ1v) is 5.45. The smallest absolute Gasteiger partial charge is 0.326 e. The molecular formula is C5H9N3OS2. The van der Waals surface area contributed by atoms with Gasteiger partial charge in [-0.05, 0) is 0 Å². The number of primary amides is 1. The van der Waals surface area contributed by atoms with Gasteiger partial charge in [0.05, 0.1) is 10.7 Å². The Morgan fingerprint density at radius 2 is 2.00 bits per heavy atom. The number of fused-ring (bicyclic) bond motifs is 2. The van der Waals surface area contributed by atoms with Crippen molar-refractivity contribution in [3.8, 4) is 0 Å². The minimum absolute atomic E-state index is 0.442. The van der Waals surface area contributed by atoms with Crippen molar-refractivity contribution in [3.05, 3.63) is 0 Å². The zero-order chi connectivity index (χ0) is 7.84. The number of hydrazine groups is 1. The van der Waals surface area contributed by atoms with Gasteiger partial charge < -0.3 is 5.73 Å². The van der Waals surface area contributed by atoms with Crippen LogP contribution in [0.5, 0.6) is 0 Å². The second-order valence-electron chi connectivity index (χ2n) is 2.46. The summed E-state index contributed by atoms with van der Waals surface area (Å²) in [6.45, 7) is 0. The first-order valence-electron chi connectivity index (χ1n) is 3.35. The minimum atomic E-state index is -0.454. The van der Waals surface area contributed by atoms with Gasteiger partial charge in [-0.1, -0.05) is 0 Å². The van der Waals surface area contributed by atoms with E-state index in [9.17, 15) is 4.79 Å². The highest BCUT2D eigenvalue weighted by Crippen LogP contribution is 2.42. The number of carbonyl (C=O) groups excluding carboxylic acids is 1. The van der Waals surface area contributed by atoms with Crippen molar-refractivity contribution in [1.82, 2.24) is 10.4 Å². The maximum Gasteiger partial charge on any atom is 0.326 e. The molecule has 2 fully saturated rings. The molecule has 2 heterocycles. The van der Waals surface area contributed by atoms with E-state index in [0.29, 0.717) is 10.7 Å². The summed E-state index contributed by atoms with van der Waals surface area (Å²) >= 11 is 3.75. The number of carbonyl (C=O) groups is 1. The van der Waals surface area contributed by atoms with Crippen LogP contribution in [0.15, 0.2) is 0 Å². The molecule has 4 nitrogen and oxygen atoms in total. The van der Waals surface area contributed by atoms with Crippen molar-refractivity contribution < 1.29 is 4.79 Å². The average Bonchev–Trinajstić information content (AvgIpc) is 2.48. The lowest BCUT2D eigenvalue weighted by atomic mass is 10.6. The molecule has 0 aromatic heterocycles. The number of urea groups is 1. The van der Waals surface area contributed by atoms with Gasteiger partial charge in [0.15, 0.2) is 0 Å². The summed E-state index contributed by atoms with van der Waals surface area (Å²) in [5.41, 5.74) is 7.65. The standard InChI is InChI=1S/C5H9N3OS2/c6-5(9)7-8-3-1-10-4(8)2-11-3/h3-4H,1-2H2,(H3,6,7,9). The molecule has 2 unspecified atom stereocenters. The van der Waals surface area contributed by atoms with Crippen molar-refractivity contribution in [3.63, 3.8) is 0 Å². The van der Waals surface area contributed by atoms with Crippen molar-refractivity contribution >= 4 is 29.6 Å². The van der Waals surface area contributed by atoms with Crippen LogP contribution in [0, 0.1) is 0 Å². The maximum absolute atomic E-state index is 10.5. The summed E-state index contributed by atoms with van der Waals surface area (Å²) in [7, 11) is 0. The van der Waals surface area contributed by atoms with Crippen LogP contribution >= 0.6 is 23.5 Å². The summed E-state index contributed by atoms with van der Waals surface area (Å²) in [6, 6.07) is -0.454. The lowest BCUT2D eigenvalue weighted by molar-refractivity contribution is 0.190. The van der Waals surface area contributed by atoms with E-state index in [1.807, 2.05) is 28.5 Å². The Morgan fingerprint density at radius 1 is 1.45 bits per heavy atom. The van der Waals surface area contributed by atoms with Gasteiger partial charge in [-0.15, -0.1) is 23.5 Å². The fraction of sp³-hybridized carbons (Fsp3) is 0.800. The van der Waals surface area contributed by atoms with Gasteiger partial charge in [0, 0.05) is 11.5 Å². The maximum atomic E-state index is 10.5. The molecule has 0 spiro atoms. The highest BCUT2D eigenvalue weighted by atomic mass is 32.2. The predicted molar refractivity (Wildman–Crippen MR) is 47.1 cm³/mol. The highest BCUT2D eigenvalue weighted by Gasteiger charge is 2.41. The molecule has 0 radical (unpaired) electrons. The van der Waals surface area contributed by atoms with E-state index < -0.39 is 6.03 Å². The Kier molecular flexibility index (Phi) is 1.90. The molecule has 11 heavy (non-hydrogen) atoms. The minimum Gasteiger partial charge on any atom is -0.351 e. The lowest BCUT2D eigenvalue weighted by Gasteiger charge is -2.18. The van der Waals surface area contributed by atoms with E-state index >= 15 is 0 Å². The Labute approximate surface area is 73.2 Å². The van der Waals surface area contributed by atoms with Crippen LogP contribution in [-0.4, -0.2) is 33.3 Å². The molecule has 2 bridgehead atoms. The fourth-order valence-corrected chi connectivity index (χ4v) is 4.39. The second-order valence-corrected chi connectivity index (χ2v) is 4.88. The molecule has 0 aromatic carbocycles. The molecule has 2 amide bonds. The number of amides is 2. The van der Waals surface area contributed by atoms with Crippen molar-refractivity contribution in [2.24, 2.45) is 5.73 Å². The van der Waals surface area contributed by atoms with E-state index in [1.165, 1.54) is 0 Å². The summed E-state index contributed by atoms with van der Waals surface area (Å²) in [5.74, 6) is 2.19. The highest BCUT2D eigenvalue weighted by molar-refractivity contribution is 8.07. The van der Waals surface area contributed by atoms with Gasteiger partial charge in [-0.25, -0.2) is 4.79 Å². The Balaban J connectivity index is 1.99. The van der Waals surface area contributed by atoms with Crippen LogP contribution in [0.2, 0.25) is 0 Å². The zero-order valence-electron chi connectivity index (χ0n) is 5.82. The SMILES string of the molecule is NC(=O)NN1C2CSC1CS2. The normalized spacial score (nSPS) is 36.0. The third kappa shape index (κ3) is 1.30. The molecule has 62 valence electrons. The topological polar surface area (TPSA) is 58.4 Å². The Hall–Kier alpha value is -0.0700. The third-order valence-electron chi connectivity index (χ3n) is 1.72. The number of nitrogens with one attached hydrogen (secondary N) is 1. The monoisotopic (exact) mass is 191 g/mol. The Morgan fingerprint density at radius 3 is 2.36 bits per heavy atom. The molecule has 2 atom stereocenters. The summed E-state index contributed by atoms with van der Waals surface area (Å²) in [6.07, 6.45) is 0. The lowest BCUT2D eigenvalue weighted by Crippen LogP contribution is -2.47. The summed E-state index contributed by atoms with van der Waals surface area (Å²) < 4.78 is 0. The van der Waals surface area contributed by atoms with Crippen LogP contribution in [0.4, 0.5) is 4.79 Å². The number of thioether (sulfide) groups is 2. The van der Waals surface area contributed by atoms with Crippen LogP contribution in [-0.2, 0) is 0 Å². The predicted octanol–water partition coefficient (Wildman–Crippen LogP) is 0.0175. The largest absolute Gasteiger partial charge is 0.351 e. The first kappa shape index (κ1) is 7.57. The molecule has 0 aromatic rings. The van der Waals surface area contributed by atoms with Crippen molar-refractivity contribution in [2.75, 3.05) is 11.5 Å². The number of rotatable bonds is 1. The molecular weight excluding hydrogens is 182 g/mol. The van der Waals surface area contributed by atoms with E-state index in [0.717, 1.165) is 11.5 Å². The number of hydrogen-bond acceptors (Lipinski definition) is 4. The van der Waals surface area contributed by atoms with Gasteiger partial charge in [-0.2, -0.15) is 5.01 Å². The van der Waals surface area contributed by atoms with Crippen LogP contribution in [0.3, 0.4) is 0 Å². The summed E-state index contributed by atoms with van der Waals surface area (Å²) in [5, 5.41) is 2.84. The fourth-order valence-electron chi connectivity index (χ4n) is 1.26. The number of nitrogens with zero attached hydrogens (tertiary/aromatic N) is 1. The molecule has 0 aliphatic carbocycles. The zero-order valence-corrected chi connectivity index (χ0v) is 7.45. The van der Waals surface area contributed by atoms with E-state index in [1.54, 1.807) is 0 Å². The van der Waals surface area contributed by atoms with Crippen LogP contribution < -0.4 is 11.2 Å². The first-order chi connectivity index (χ1) is 5.27. The molecule has 2 rings (SSSR count). The van der Waals surface area contributed by atoms with Gasteiger partial charge in [0.25, 0.3) is 0 Å². The van der Waals surface area contributed by atoms with E-state index in [-0.39, 0.29) is 0 Å². The number of nitrogens with two attached hydrogens (primary N) is 1. The third-order valence-corrected chi connectivity index (χ3v) is 4.72. The molecule has 0 saturated carbocycles. The van der Waals surface area contributed by atoms with Crippen molar-refractivity contribution in [2.45, 2.75) is 10.7 Å². The molecule has 2 saturated heterocycles. The van der Waals surface area contributed by atoms with E-state index in [4.69, 9.17) is 5.73 Å². The summed E-state index contributed by atoms with van der Waals surface area (Å²) in [4.78, 5) is 10.5. The van der Waals surface area contributed by atoms with Gasteiger partial charge in [0.1, 0.15) is 0 Å². The average molecular weight is 191 g/mol. The van der Waals surface area contributed by atoms with Crippen LogP contribution in [0.25, 0.3) is 0 Å². The van der Waals surface area contributed by atoms with Gasteiger partial charge >= 0.3 is 6.03 Å². The molecule has 2 aliphatic rings. The number of hydrogen-bond donors (Lipinski definition) is 2. The quantitative estimate of drug-likeness (QED) is 0.613. The van der Waals surface area contributed by atoms with Gasteiger partial charge in [-0.3, -0.25) is 5.43 Å². The second kappa shape index (κ2) is 2.76. The molecule has 2 aliphatic heterocycles. The Bertz CT molecular complexity index is 169. The molecule has 3 N–H and O–H groups in total. The van der Waals surface area contributed by atoms with E-state index in [2.05, 4.69) is 5.43 Å². The van der Waals surface area contributed by atoms with Crippen LogP contribution in [0.1, 0.15) is 0 Å². The molecule has 6 heteroatoms. The van der Waals surface area contributed by atoms with Crippen molar-refractivity contribution in [1.29, 1.82) is 0 Å². The van der Waals surface area contributed by atoms with Gasteiger partial charge in [0.2, 0.25) is 0 Å².